The Morgan fingerprint density at radius 1 is 1.31 bits per heavy atom. The zero-order chi connectivity index (χ0) is 18.7. The highest BCUT2D eigenvalue weighted by molar-refractivity contribution is 7.09. The molecule has 0 fully saturated rings. The first-order valence-corrected chi connectivity index (χ1v) is 8.90. The molecule has 0 N–H and O–H groups in total. The van der Waals surface area contributed by atoms with Gasteiger partial charge in [-0.3, -0.25) is 4.68 Å². The van der Waals surface area contributed by atoms with Gasteiger partial charge >= 0.3 is 5.97 Å². The van der Waals surface area contributed by atoms with Gasteiger partial charge in [0.25, 0.3) is 0 Å². The standard InChI is InChI=1S/C18H17F2N3O2S/c1-11(2)7-23-8-12(6-21-23)18(24)25-9-16-22-15(10-26-16)17-13(19)4-3-5-14(17)20/h3-6,8,10-11H,7,9H2,1-2H3. The van der Waals surface area contributed by atoms with Crippen LogP contribution < -0.4 is 0 Å². The van der Waals surface area contributed by atoms with Gasteiger partial charge < -0.3 is 4.74 Å². The number of hydrogen-bond acceptors (Lipinski definition) is 5. The highest BCUT2D eigenvalue weighted by atomic mass is 32.1. The van der Waals surface area contributed by atoms with E-state index in [9.17, 15) is 13.6 Å². The summed E-state index contributed by atoms with van der Waals surface area (Å²) in [7, 11) is 0. The molecule has 0 unspecified atom stereocenters. The Hall–Kier alpha value is -2.61. The topological polar surface area (TPSA) is 57.0 Å². The van der Waals surface area contributed by atoms with E-state index in [2.05, 4.69) is 23.9 Å². The van der Waals surface area contributed by atoms with Crippen LogP contribution in [0, 0.1) is 17.6 Å². The van der Waals surface area contributed by atoms with E-state index in [-0.39, 0.29) is 17.9 Å². The maximum atomic E-state index is 13.8. The van der Waals surface area contributed by atoms with E-state index >= 15 is 0 Å². The lowest BCUT2D eigenvalue weighted by Gasteiger charge is -2.03. The molecule has 2 aromatic heterocycles. The number of halogens is 2. The van der Waals surface area contributed by atoms with E-state index in [1.54, 1.807) is 10.9 Å². The minimum Gasteiger partial charge on any atom is -0.455 e. The fourth-order valence-electron chi connectivity index (χ4n) is 2.39. The molecular formula is C18H17F2N3O2S. The first-order chi connectivity index (χ1) is 12.4. The molecule has 0 saturated heterocycles. The van der Waals surface area contributed by atoms with Crippen LogP contribution in [-0.4, -0.2) is 20.7 Å². The summed E-state index contributed by atoms with van der Waals surface area (Å²) >= 11 is 1.17. The number of hydrogen-bond donors (Lipinski definition) is 0. The van der Waals surface area contributed by atoms with Gasteiger partial charge in [0.2, 0.25) is 0 Å². The van der Waals surface area contributed by atoms with Crippen molar-refractivity contribution < 1.29 is 18.3 Å². The first kappa shape index (κ1) is 18.2. The summed E-state index contributed by atoms with van der Waals surface area (Å²) in [6.45, 7) is 4.74. The maximum Gasteiger partial charge on any atom is 0.341 e. The monoisotopic (exact) mass is 377 g/mol. The number of aromatic nitrogens is 3. The minimum atomic E-state index is -0.684. The summed E-state index contributed by atoms with van der Waals surface area (Å²) in [5, 5.41) is 6.10. The zero-order valence-electron chi connectivity index (χ0n) is 14.3. The van der Waals surface area contributed by atoms with Crippen molar-refractivity contribution in [1.82, 2.24) is 14.8 Å². The maximum absolute atomic E-state index is 13.8. The van der Waals surface area contributed by atoms with Crippen LogP contribution in [0.15, 0.2) is 36.0 Å². The number of benzene rings is 1. The van der Waals surface area contributed by atoms with Crippen LogP contribution in [0.2, 0.25) is 0 Å². The SMILES string of the molecule is CC(C)Cn1cc(C(=O)OCc2nc(-c3c(F)cccc3F)cs2)cn1. The number of thiazole rings is 1. The summed E-state index contributed by atoms with van der Waals surface area (Å²) in [5.74, 6) is -1.48. The largest absolute Gasteiger partial charge is 0.455 e. The fraction of sp³-hybridized carbons (Fsp3) is 0.278. The summed E-state index contributed by atoms with van der Waals surface area (Å²) < 4.78 is 34.5. The average molecular weight is 377 g/mol. The molecule has 0 atom stereocenters. The number of esters is 1. The second-order valence-corrected chi connectivity index (χ2v) is 7.09. The summed E-state index contributed by atoms with van der Waals surface area (Å²) in [6.07, 6.45) is 3.08. The smallest absolute Gasteiger partial charge is 0.341 e. The molecule has 0 bridgehead atoms. The molecule has 3 aromatic rings. The van der Waals surface area contributed by atoms with Crippen molar-refractivity contribution in [2.24, 2.45) is 5.92 Å². The summed E-state index contributed by atoms with van der Waals surface area (Å²) in [5.41, 5.74) is 0.347. The zero-order valence-corrected chi connectivity index (χ0v) is 15.1. The van der Waals surface area contributed by atoms with Crippen molar-refractivity contribution >= 4 is 17.3 Å². The number of rotatable bonds is 6. The van der Waals surface area contributed by atoms with Gasteiger partial charge in [-0.05, 0) is 18.1 Å². The van der Waals surface area contributed by atoms with E-state index in [0.717, 1.165) is 0 Å². The van der Waals surface area contributed by atoms with Crippen LogP contribution in [0.5, 0.6) is 0 Å². The second kappa shape index (κ2) is 7.74. The molecule has 0 aliphatic carbocycles. The quantitative estimate of drug-likeness (QED) is 0.601. The molecule has 0 saturated carbocycles. The molecule has 1 aromatic carbocycles. The first-order valence-electron chi connectivity index (χ1n) is 8.02. The Balaban J connectivity index is 1.65. The third kappa shape index (κ3) is 4.13. The summed E-state index contributed by atoms with van der Waals surface area (Å²) in [6, 6.07) is 3.64. The highest BCUT2D eigenvalue weighted by Crippen LogP contribution is 2.27. The number of carbonyl (C=O) groups excluding carboxylic acids is 1. The van der Waals surface area contributed by atoms with Crippen LogP contribution in [0.25, 0.3) is 11.3 Å². The molecule has 0 spiro atoms. The van der Waals surface area contributed by atoms with Gasteiger partial charge in [-0.1, -0.05) is 19.9 Å². The van der Waals surface area contributed by atoms with Crippen LogP contribution in [-0.2, 0) is 17.9 Å². The van der Waals surface area contributed by atoms with E-state index in [4.69, 9.17) is 4.74 Å². The number of nitrogens with zero attached hydrogens (tertiary/aromatic N) is 3. The number of carbonyl (C=O) groups is 1. The third-order valence-electron chi connectivity index (χ3n) is 3.52. The van der Waals surface area contributed by atoms with E-state index < -0.39 is 17.6 Å². The van der Waals surface area contributed by atoms with Gasteiger partial charge in [-0.25, -0.2) is 18.6 Å². The second-order valence-electron chi connectivity index (χ2n) is 6.14. The predicted molar refractivity (Wildman–Crippen MR) is 93.7 cm³/mol. The van der Waals surface area contributed by atoms with Gasteiger partial charge in [0.1, 0.15) is 23.2 Å². The van der Waals surface area contributed by atoms with Gasteiger partial charge in [0, 0.05) is 18.1 Å². The Morgan fingerprint density at radius 2 is 2.04 bits per heavy atom. The lowest BCUT2D eigenvalue weighted by molar-refractivity contribution is 0.0472. The Morgan fingerprint density at radius 3 is 2.73 bits per heavy atom. The Bertz CT molecular complexity index is 901. The molecule has 26 heavy (non-hydrogen) atoms. The van der Waals surface area contributed by atoms with E-state index in [1.807, 2.05) is 0 Å². The van der Waals surface area contributed by atoms with Crippen LogP contribution in [0.4, 0.5) is 8.78 Å². The molecular weight excluding hydrogens is 360 g/mol. The molecule has 8 heteroatoms. The van der Waals surface area contributed by atoms with Crippen LogP contribution >= 0.6 is 11.3 Å². The van der Waals surface area contributed by atoms with E-state index in [0.29, 0.717) is 23.0 Å². The van der Waals surface area contributed by atoms with Gasteiger partial charge in [-0.15, -0.1) is 11.3 Å². The van der Waals surface area contributed by atoms with Gasteiger partial charge in [0.15, 0.2) is 0 Å². The van der Waals surface area contributed by atoms with Gasteiger partial charge in [-0.2, -0.15) is 5.10 Å². The normalized spacial score (nSPS) is 11.1. The number of ether oxygens (including phenoxy) is 1. The van der Waals surface area contributed by atoms with Crippen molar-refractivity contribution in [2.75, 3.05) is 0 Å². The van der Waals surface area contributed by atoms with E-state index in [1.165, 1.54) is 41.1 Å². The molecule has 0 amide bonds. The van der Waals surface area contributed by atoms with Crippen molar-refractivity contribution in [2.45, 2.75) is 27.0 Å². The van der Waals surface area contributed by atoms with Crippen molar-refractivity contribution in [3.63, 3.8) is 0 Å². The molecule has 3 rings (SSSR count). The predicted octanol–water partition coefficient (Wildman–Crippen LogP) is 4.30. The molecule has 5 nitrogen and oxygen atoms in total. The molecule has 0 radical (unpaired) electrons. The summed E-state index contributed by atoms with van der Waals surface area (Å²) in [4.78, 5) is 16.2. The third-order valence-corrected chi connectivity index (χ3v) is 4.34. The van der Waals surface area contributed by atoms with Crippen molar-refractivity contribution in [3.05, 3.63) is 58.2 Å². The van der Waals surface area contributed by atoms with Crippen LogP contribution in [0.3, 0.4) is 0 Å². The fourth-order valence-corrected chi connectivity index (χ4v) is 3.08. The van der Waals surface area contributed by atoms with Crippen molar-refractivity contribution in [3.8, 4) is 11.3 Å². The molecule has 0 aliphatic rings. The average Bonchev–Trinajstić information content (AvgIpc) is 3.22. The molecule has 136 valence electrons. The lowest BCUT2D eigenvalue weighted by Crippen LogP contribution is -2.06. The minimum absolute atomic E-state index is 0.0745. The van der Waals surface area contributed by atoms with Gasteiger partial charge in [0.05, 0.1) is 23.0 Å². The van der Waals surface area contributed by atoms with Crippen molar-refractivity contribution in [1.29, 1.82) is 0 Å². The Kier molecular flexibility index (Phi) is 5.41. The lowest BCUT2D eigenvalue weighted by atomic mass is 10.1. The Labute approximate surface area is 153 Å². The molecule has 0 aliphatic heterocycles. The molecule has 2 heterocycles. The highest BCUT2D eigenvalue weighted by Gasteiger charge is 2.16. The van der Waals surface area contributed by atoms with Crippen LogP contribution in [0.1, 0.15) is 29.2 Å².